The van der Waals surface area contributed by atoms with E-state index in [4.69, 9.17) is 0 Å². The van der Waals surface area contributed by atoms with Crippen LogP contribution in [0.5, 0.6) is 0 Å². The molecule has 1 N–H and O–H groups in total. The third-order valence-electron chi connectivity index (χ3n) is 3.38. The molecule has 0 aromatic rings. The Bertz CT molecular complexity index is 333. The Hall–Kier alpha value is -0.580. The van der Waals surface area contributed by atoms with Gasteiger partial charge in [-0.15, -0.1) is 0 Å². The van der Waals surface area contributed by atoms with E-state index in [9.17, 15) is 13.2 Å². The van der Waals surface area contributed by atoms with Gasteiger partial charge in [-0.2, -0.15) is 0 Å². The third kappa shape index (κ3) is 1.65. The second-order valence-corrected chi connectivity index (χ2v) is 6.60. The van der Waals surface area contributed by atoms with Gasteiger partial charge in [-0.25, -0.2) is 8.42 Å². The minimum absolute atomic E-state index is 0.0682. The molecule has 80 valence electrons. The molecule has 2 heterocycles. The van der Waals surface area contributed by atoms with Crippen molar-refractivity contribution in [2.45, 2.75) is 25.7 Å². The normalized spacial score (nSPS) is 29.9. The van der Waals surface area contributed by atoms with Gasteiger partial charge in [-0.1, -0.05) is 0 Å². The van der Waals surface area contributed by atoms with Crippen LogP contribution in [-0.4, -0.2) is 32.4 Å². The monoisotopic (exact) mass is 217 g/mol. The standard InChI is InChI=1S/C9H15NO3S/c11-8-9(2-1-5-10-8)3-6-14(12,13)7-4-9/h1-7H2,(H,10,11). The molecule has 2 fully saturated rings. The summed E-state index contributed by atoms with van der Waals surface area (Å²) < 4.78 is 22.5. The quantitative estimate of drug-likeness (QED) is 0.625. The Labute approximate surface area is 84.0 Å². The van der Waals surface area contributed by atoms with Gasteiger partial charge in [0.15, 0.2) is 0 Å². The maximum absolute atomic E-state index is 11.7. The van der Waals surface area contributed by atoms with Crippen molar-refractivity contribution in [3.63, 3.8) is 0 Å². The highest BCUT2D eigenvalue weighted by atomic mass is 32.2. The molecule has 2 rings (SSSR count). The topological polar surface area (TPSA) is 63.2 Å². The van der Waals surface area contributed by atoms with Crippen molar-refractivity contribution in [2.75, 3.05) is 18.1 Å². The Balaban J connectivity index is 2.14. The lowest BCUT2D eigenvalue weighted by Crippen LogP contribution is -2.49. The van der Waals surface area contributed by atoms with E-state index in [0.29, 0.717) is 12.8 Å². The Kier molecular flexibility index (Phi) is 2.29. The number of amides is 1. The van der Waals surface area contributed by atoms with Gasteiger partial charge in [-0.3, -0.25) is 4.79 Å². The first-order chi connectivity index (χ1) is 6.54. The van der Waals surface area contributed by atoms with Crippen molar-refractivity contribution in [1.29, 1.82) is 0 Å². The van der Waals surface area contributed by atoms with Crippen LogP contribution in [0.4, 0.5) is 0 Å². The lowest BCUT2D eigenvalue weighted by Gasteiger charge is -2.38. The van der Waals surface area contributed by atoms with Gasteiger partial charge >= 0.3 is 0 Å². The number of piperidine rings is 1. The Morgan fingerprint density at radius 3 is 2.36 bits per heavy atom. The molecule has 0 atom stereocenters. The third-order valence-corrected chi connectivity index (χ3v) is 5.03. The largest absolute Gasteiger partial charge is 0.356 e. The van der Waals surface area contributed by atoms with Gasteiger partial charge < -0.3 is 5.32 Å². The van der Waals surface area contributed by atoms with Gasteiger partial charge in [0.25, 0.3) is 0 Å². The maximum atomic E-state index is 11.7. The number of hydrogen-bond donors (Lipinski definition) is 1. The number of sulfone groups is 1. The summed E-state index contributed by atoms with van der Waals surface area (Å²) in [5.41, 5.74) is -0.358. The number of carbonyl (C=O) groups is 1. The second kappa shape index (κ2) is 3.22. The van der Waals surface area contributed by atoms with Crippen molar-refractivity contribution in [1.82, 2.24) is 5.32 Å². The number of nitrogens with one attached hydrogen (secondary N) is 1. The summed E-state index contributed by atoms with van der Waals surface area (Å²) in [6.45, 7) is 0.743. The van der Waals surface area contributed by atoms with E-state index in [0.717, 1.165) is 19.4 Å². The molecule has 0 saturated carbocycles. The molecule has 0 aliphatic carbocycles. The zero-order valence-electron chi connectivity index (χ0n) is 8.08. The highest BCUT2D eigenvalue weighted by Gasteiger charge is 2.44. The van der Waals surface area contributed by atoms with E-state index in [-0.39, 0.29) is 22.8 Å². The summed E-state index contributed by atoms with van der Waals surface area (Å²) >= 11 is 0. The Morgan fingerprint density at radius 1 is 1.14 bits per heavy atom. The highest BCUT2D eigenvalue weighted by Crippen LogP contribution is 2.38. The zero-order chi connectivity index (χ0) is 10.2. The molecule has 4 nitrogen and oxygen atoms in total. The smallest absolute Gasteiger partial charge is 0.226 e. The molecular formula is C9H15NO3S. The predicted molar refractivity (Wildman–Crippen MR) is 52.6 cm³/mol. The van der Waals surface area contributed by atoms with Gasteiger partial charge in [0, 0.05) is 6.54 Å². The fourth-order valence-corrected chi connectivity index (χ4v) is 3.94. The predicted octanol–water partition coefficient (Wildman–Crippen LogP) is 0.0914. The summed E-state index contributed by atoms with van der Waals surface area (Å²) in [5, 5.41) is 2.84. The minimum Gasteiger partial charge on any atom is -0.356 e. The molecule has 1 amide bonds. The summed E-state index contributed by atoms with van der Waals surface area (Å²) in [5.74, 6) is 0.430. The van der Waals surface area contributed by atoms with Gasteiger partial charge in [0.1, 0.15) is 9.84 Å². The van der Waals surface area contributed by atoms with E-state index in [1.54, 1.807) is 0 Å². The molecule has 0 aromatic carbocycles. The molecule has 2 saturated heterocycles. The summed E-state index contributed by atoms with van der Waals surface area (Å²) in [4.78, 5) is 11.7. The van der Waals surface area contributed by atoms with E-state index in [1.165, 1.54) is 0 Å². The SMILES string of the molecule is O=C1NCCCC12CCS(=O)(=O)CC2. The van der Waals surface area contributed by atoms with Crippen molar-refractivity contribution >= 4 is 15.7 Å². The Morgan fingerprint density at radius 2 is 1.79 bits per heavy atom. The average Bonchev–Trinajstić information content (AvgIpc) is 2.15. The van der Waals surface area contributed by atoms with Gasteiger partial charge in [0.2, 0.25) is 5.91 Å². The van der Waals surface area contributed by atoms with Crippen LogP contribution < -0.4 is 5.32 Å². The fourth-order valence-electron chi connectivity index (χ4n) is 2.34. The maximum Gasteiger partial charge on any atom is 0.226 e. The molecule has 2 aliphatic heterocycles. The van der Waals surface area contributed by atoms with E-state index < -0.39 is 9.84 Å². The van der Waals surface area contributed by atoms with Crippen LogP contribution in [0.2, 0.25) is 0 Å². The first-order valence-corrected chi connectivity index (χ1v) is 6.85. The second-order valence-electron chi connectivity index (χ2n) is 4.29. The molecule has 5 heteroatoms. The molecule has 2 aliphatic rings. The molecule has 0 unspecified atom stereocenters. The van der Waals surface area contributed by atoms with E-state index in [1.807, 2.05) is 0 Å². The van der Waals surface area contributed by atoms with Crippen LogP contribution in [0.1, 0.15) is 25.7 Å². The first-order valence-electron chi connectivity index (χ1n) is 5.03. The van der Waals surface area contributed by atoms with Gasteiger partial charge in [0.05, 0.1) is 16.9 Å². The highest BCUT2D eigenvalue weighted by molar-refractivity contribution is 7.91. The number of hydrogen-bond acceptors (Lipinski definition) is 3. The fraction of sp³-hybridized carbons (Fsp3) is 0.889. The van der Waals surface area contributed by atoms with Crippen LogP contribution >= 0.6 is 0 Å². The van der Waals surface area contributed by atoms with Gasteiger partial charge in [-0.05, 0) is 25.7 Å². The molecular weight excluding hydrogens is 202 g/mol. The molecule has 1 spiro atoms. The first kappa shape index (κ1) is 9.96. The lowest BCUT2D eigenvalue weighted by atomic mass is 9.75. The van der Waals surface area contributed by atoms with Crippen LogP contribution in [-0.2, 0) is 14.6 Å². The summed E-state index contributed by atoms with van der Waals surface area (Å²) in [6.07, 6.45) is 2.86. The average molecular weight is 217 g/mol. The van der Waals surface area contributed by atoms with Crippen molar-refractivity contribution < 1.29 is 13.2 Å². The molecule has 0 radical (unpaired) electrons. The van der Waals surface area contributed by atoms with E-state index in [2.05, 4.69) is 5.32 Å². The molecule has 0 aromatic heterocycles. The zero-order valence-corrected chi connectivity index (χ0v) is 8.90. The number of rotatable bonds is 0. The lowest BCUT2D eigenvalue weighted by molar-refractivity contribution is -0.134. The van der Waals surface area contributed by atoms with Crippen molar-refractivity contribution in [3.8, 4) is 0 Å². The molecule has 0 bridgehead atoms. The van der Waals surface area contributed by atoms with Crippen LogP contribution in [0.25, 0.3) is 0 Å². The summed E-state index contributed by atoms with van der Waals surface area (Å²) in [6, 6.07) is 0. The summed E-state index contributed by atoms with van der Waals surface area (Å²) in [7, 11) is -2.86. The van der Waals surface area contributed by atoms with Crippen LogP contribution in [0.15, 0.2) is 0 Å². The van der Waals surface area contributed by atoms with Crippen LogP contribution in [0.3, 0.4) is 0 Å². The molecule has 14 heavy (non-hydrogen) atoms. The van der Waals surface area contributed by atoms with Crippen molar-refractivity contribution in [3.05, 3.63) is 0 Å². The minimum atomic E-state index is -2.86. The van der Waals surface area contributed by atoms with Crippen LogP contribution in [0, 0.1) is 5.41 Å². The van der Waals surface area contributed by atoms with E-state index >= 15 is 0 Å². The van der Waals surface area contributed by atoms with Crippen molar-refractivity contribution in [2.24, 2.45) is 5.41 Å². The number of carbonyl (C=O) groups excluding carboxylic acids is 1.